The second-order valence-electron chi connectivity index (χ2n) is 8.13. The fourth-order valence-corrected chi connectivity index (χ4v) is 4.44. The number of carbonyl (C=O) groups excluding carboxylic acids is 1. The minimum atomic E-state index is 0.206. The molecular formula is C28H29NO2. The summed E-state index contributed by atoms with van der Waals surface area (Å²) in [4.78, 5) is 13.4. The second-order valence-corrected chi connectivity index (χ2v) is 8.13. The zero-order chi connectivity index (χ0) is 21.6. The standard InChI is InChI=1S/C28H29NO2/c1-2-27(22-6-4-3-5-7-22)28(24-10-14-26(31)15-11-24)23-8-12-25(13-9-23)29-18-16-21(20-30)17-19-29/h3-15,20-21,31H,2,16-19H2,1H3. The summed E-state index contributed by atoms with van der Waals surface area (Å²) < 4.78 is 0. The van der Waals surface area contributed by atoms with Gasteiger partial charge in [-0.1, -0.05) is 61.5 Å². The molecule has 0 unspecified atom stereocenters. The van der Waals surface area contributed by atoms with Crippen molar-refractivity contribution in [1.82, 2.24) is 0 Å². The highest BCUT2D eigenvalue weighted by Crippen LogP contribution is 2.36. The van der Waals surface area contributed by atoms with E-state index in [1.54, 1.807) is 12.1 Å². The number of carbonyl (C=O) groups is 1. The van der Waals surface area contributed by atoms with E-state index in [1.165, 1.54) is 22.4 Å². The van der Waals surface area contributed by atoms with Crippen molar-refractivity contribution >= 4 is 23.1 Å². The quantitative estimate of drug-likeness (QED) is 0.389. The van der Waals surface area contributed by atoms with Crippen molar-refractivity contribution in [2.24, 2.45) is 5.92 Å². The van der Waals surface area contributed by atoms with Crippen LogP contribution in [0.15, 0.2) is 78.9 Å². The topological polar surface area (TPSA) is 40.5 Å². The Morgan fingerprint density at radius 3 is 2.00 bits per heavy atom. The lowest BCUT2D eigenvalue weighted by Crippen LogP contribution is -2.34. The molecule has 1 aliphatic rings. The number of piperidine rings is 1. The zero-order valence-electron chi connectivity index (χ0n) is 18.0. The van der Waals surface area contributed by atoms with Crippen LogP contribution in [0.25, 0.3) is 11.1 Å². The summed E-state index contributed by atoms with van der Waals surface area (Å²) >= 11 is 0. The molecule has 31 heavy (non-hydrogen) atoms. The average Bonchev–Trinajstić information content (AvgIpc) is 2.84. The molecule has 0 bridgehead atoms. The van der Waals surface area contributed by atoms with Gasteiger partial charge in [0, 0.05) is 24.7 Å². The molecule has 4 rings (SSSR count). The highest BCUT2D eigenvalue weighted by molar-refractivity contribution is 5.98. The molecule has 3 heteroatoms. The lowest BCUT2D eigenvalue weighted by atomic mass is 9.88. The van der Waals surface area contributed by atoms with Gasteiger partial charge in [-0.3, -0.25) is 0 Å². The number of hydrogen-bond acceptors (Lipinski definition) is 3. The SMILES string of the molecule is CCC(=C(c1ccc(O)cc1)c1ccc(N2CCC(C=O)CC2)cc1)c1ccccc1. The van der Waals surface area contributed by atoms with Crippen LogP contribution in [0.2, 0.25) is 0 Å². The number of phenolic OH excluding ortho intramolecular Hbond substituents is 1. The third kappa shape index (κ3) is 4.72. The number of phenols is 1. The smallest absolute Gasteiger partial charge is 0.123 e. The number of hydrogen-bond donors (Lipinski definition) is 1. The van der Waals surface area contributed by atoms with Crippen molar-refractivity contribution < 1.29 is 9.90 Å². The monoisotopic (exact) mass is 411 g/mol. The van der Waals surface area contributed by atoms with Gasteiger partial charge in [0.25, 0.3) is 0 Å². The van der Waals surface area contributed by atoms with Gasteiger partial charge in [-0.15, -0.1) is 0 Å². The van der Waals surface area contributed by atoms with Gasteiger partial charge in [-0.25, -0.2) is 0 Å². The molecule has 0 spiro atoms. The van der Waals surface area contributed by atoms with E-state index in [0.29, 0.717) is 0 Å². The summed E-state index contributed by atoms with van der Waals surface area (Å²) in [7, 11) is 0. The Balaban J connectivity index is 1.73. The van der Waals surface area contributed by atoms with Gasteiger partial charge in [0.05, 0.1) is 0 Å². The van der Waals surface area contributed by atoms with Crippen molar-refractivity contribution in [1.29, 1.82) is 0 Å². The molecule has 3 nitrogen and oxygen atoms in total. The molecular weight excluding hydrogens is 382 g/mol. The molecule has 0 aromatic heterocycles. The third-order valence-electron chi connectivity index (χ3n) is 6.19. The predicted octanol–water partition coefficient (Wildman–Crippen LogP) is 6.18. The van der Waals surface area contributed by atoms with E-state index in [2.05, 4.69) is 60.4 Å². The molecule has 158 valence electrons. The van der Waals surface area contributed by atoms with Gasteiger partial charge < -0.3 is 14.8 Å². The lowest BCUT2D eigenvalue weighted by Gasteiger charge is -2.31. The molecule has 0 amide bonds. The van der Waals surface area contributed by atoms with Crippen LogP contribution in [0.5, 0.6) is 5.75 Å². The molecule has 1 heterocycles. The number of aromatic hydroxyl groups is 1. The van der Waals surface area contributed by atoms with E-state index in [-0.39, 0.29) is 11.7 Å². The maximum absolute atomic E-state index is 11.0. The third-order valence-corrected chi connectivity index (χ3v) is 6.19. The van der Waals surface area contributed by atoms with Crippen molar-refractivity contribution in [2.75, 3.05) is 18.0 Å². The van der Waals surface area contributed by atoms with Crippen LogP contribution < -0.4 is 4.90 Å². The van der Waals surface area contributed by atoms with Crippen LogP contribution in [0, 0.1) is 5.92 Å². The second kappa shape index (κ2) is 9.65. The number of nitrogens with zero attached hydrogens (tertiary/aromatic N) is 1. The van der Waals surface area contributed by atoms with E-state index >= 15 is 0 Å². The Bertz CT molecular complexity index is 1030. The fourth-order valence-electron chi connectivity index (χ4n) is 4.44. The number of benzene rings is 3. The fraction of sp³-hybridized carbons (Fsp3) is 0.250. The Kier molecular flexibility index (Phi) is 6.51. The van der Waals surface area contributed by atoms with Gasteiger partial charge in [0.15, 0.2) is 0 Å². The predicted molar refractivity (Wildman–Crippen MR) is 128 cm³/mol. The largest absolute Gasteiger partial charge is 0.508 e. The van der Waals surface area contributed by atoms with Gasteiger partial charge in [-0.2, -0.15) is 0 Å². The van der Waals surface area contributed by atoms with Crippen molar-refractivity contribution in [3.63, 3.8) is 0 Å². The molecule has 3 aromatic carbocycles. The Labute approximate surface area is 184 Å². The van der Waals surface area contributed by atoms with Crippen LogP contribution in [-0.4, -0.2) is 24.5 Å². The molecule has 3 aromatic rings. The summed E-state index contributed by atoms with van der Waals surface area (Å²) in [6, 6.07) is 26.8. The molecule has 1 aliphatic heterocycles. The molecule has 1 fully saturated rings. The Morgan fingerprint density at radius 1 is 0.871 bits per heavy atom. The van der Waals surface area contributed by atoms with Gasteiger partial charge in [0.1, 0.15) is 12.0 Å². The molecule has 1 N–H and O–H groups in total. The molecule has 1 saturated heterocycles. The van der Waals surface area contributed by atoms with Crippen molar-refractivity contribution in [3.8, 4) is 5.75 Å². The van der Waals surface area contributed by atoms with Crippen LogP contribution in [0.4, 0.5) is 5.69 Å². The first-order valence-electron chi connectivity index (χ1n) is 11.1. The normalized spacial score (nSPS) is 15.5. The van der Waals surface area contributed by atoms with Crippen LogP contribution in [0.1, 0.15) is 42.9 Å². The van der Waals surface area contributed by atoms with E-state index < -0.39 is 0 Å². The maximum atomic E-state index is 11.0. The van der Waals surface area contributed by atoms with Crippen LogP contribution in [0.3, 0.4) is 0 Å². The highest BCUT2D eigenvalue weighted by Gasteiger charge is 2.19. The van der Waals surface area contributed by atoms with Crippen LogP contribution >= 0.6 is 0 Å². The van der Waals surface area contributed by atoms with E-state index in [1.807, 2.05) is 18.2 Å². The first-order valence-corrected chi connectivity index (χ1v) is 11.1. The van der Waals surface area contributed by atoms with E-state index in [0.717, 1.165) is 49.8 Å². The number of anilines is 1. The Hall–Kier alpha value is -3.33. The van der Waals surface area contributed by atoms with Gasteiger partial charge in [-0.05, 0) is 71.4 Å². The molecule has 0 saturated carbocycles. The zero-order valence-corrected chi connectivity index (χ0v) is 18.0. The average molecular weight is 412 g/mol. The number of aldehydes is 1. The maximum Gasteiger partial charge on any atom is 0.123 e. The molecule has 0 atom stereocenters. The van der Waals surface area contributed by atoms with Crippen LogP contribution in [-0.2, 0) is 4.79 Å². The summed E-state index contributed by atoms with van der Waals surface area (Å²) in [6.07, 6.45) is 3.86. The minimum absolute atomic E-state index is 0.206. The van der Waals surface area contributed by atoms with Gasteiger partial charge >= 0.3 is 0 Å². The summed E-state index contributed by atoms with van der Waals surface area (Å²) in [5.41, 5.74) is 7.16. The lowest BCUT2D eigenvalue weighted by molar-refractivity contribution is -0.111. The summed E-state index contributed by atoms with van der Waals surface area (Å²) in [6.45, 7) is 4.04. The summed E-state index contributed by atoms with van der Waals surface area (Å²) in [5.74, 6) is 0.479. The number of allylic oxidation sites excluding steroid dienone is 1. The molecule has 0 radical (unpaired) electrons. The van der Waals surface area contributed by atoms with E-state index in [4.69, 9.17) is 0 Å². The highest BCUT2D eigenvalue weighted by atomic mass is 16.3. The summed E-state index contributed by atoms with van der Waals surface area (Å²) in [5, 5.41) is 9.80. The number of rotatable bonds is 6. The van der Waals surface area contributed by atoms with Gasteiger partial charge in [0.2, 0.25) is 0 Å². The Morgan fingerprint density at radius 2 is 1.45 bits per heavy atom. The van der Waals surface area contributed by atoms with Crippen molar-refractivity contribution in [3.05, 3.63) is 95.6 Å². The van der Waals surface area contributed by atoms with E-state index in [9.17, 15) is 9.90 Å². The first-order chi connectivity index (χ1) is 15.2. The van der Waals surface area contributed by atoms with Crippen molar-refractivity contribution in [2.45, 2.75) is 26.2 Å². The first kappa shape index (κ1) is 20.9. The minimum Gasteiger partial charge on any atom is -0.508 e. The molecule has 0 aliphatic carbocycles.